The molecule has 86 valence electrons. The van der Waals surface area contributed by atoms with E-state index in [0.29, 0.717) is 10.7 Å². The average molecular weight is 249 g/mol. The fourth-order valence-electron chi connectivity index (χ4n) is 1.25. The van der Waals surface area contributed by atoms with Gasteiger partial charge in [-0.1, -0.05) is 17.7 Å². The molecule has 1 amide bonds. The van der Waals surface area contributed by atoms with Crippen LogP contribution in [0.15, 0.2) is 36.7 Å². The molecule has 0 spiro atoms. The maximum absolute atomic E-state index is 11.8. The van der Waals surface area contributed by atoms with Gasteiger partial charge >= 0.3 is 0 Å². The number of hydrogen-bond acceptors (Lipinski definition) is 4. The van der Waals surface area contributed by atoms with Gasteiger partial charge in [0.05, 0.1) is 12.4 Å². The van der Waals surface area contributed by atoms with E-state index in [4.69, 9.17) is 17.3 Å². The van der Waals surface area contributed by atoms with Crippen LogP contribution in [0, 0.1) is 0 Å². The second kappa shape index (κ2) is 4.80. The van der Waals surface area contributed by atoms with Crippen molar-refractivity contribution in [1.82, 2.24) is 9.97 Å². The summed E-state index contributed by atoms with van der Waals surface area (Å²) in [5.41, 5.74) is 6.19. The molecule has 6 heteroatoms. The second-order valence-electron chi connectivity index (χ2n) is 3.29. The lowest BCUT2D eigenvalue weighted by molar-refractivity contribution is 0.102. The van der Waals surface area contributed by atoms with Gasteiger partial charge in [0, 0.05) is 10.7 Å². The molecule has 0 fully saturated rings. The monoisotopic (exact) mass is 248 g/mol. The number of nitrogen functional groups attached to an aromatic ring is 1. The summed E-state index contributed by atoms with van der Waals surface area (Å²) in [5, 5.41) is 3.19. The number of benzene rings is 1. The smallest absolute Gasteiger partial charge is 0.275 e. The molecule has 0 aliphatic rings. The molecule has 0 aliphatic heterocycles. The van der Waals surface area contributed by atoms with Gasteiger partial charge in [0.15, 0.2) is 0 Å². The van der Waals surface area contributed by atoms with Crippen molar-refractivity contribution in [2.24, 2.45) is 0 Å². The predicted octanol–water partition coefficient (Wildman–Crippen LogP) is 1.96. The molecule has 2 rings (SSSR count). The number of rotatable bonds is 2. The number of nitrogens with zero attached hydrogens (tertiary/aromatic N) is 2. The highest BCUT2D eigenvalue weighted by Crippen LogP contribution is 2.15. The highest BCUT2D eigenvalue weighted by molar-refractivity contribution is 6.30. The number of nitrogens with two attached hydrogens (primary N) is 1. The van der Waals surface area contributed by atoms with E-state index in [1.807, 2.05) is 0 Å². The van der Waals surface area contributed by atoms with Gasteiger partial charge in [-0.3, -0.25) is 9.78 Å². The number of anilines is 2. The summed E-state index contributed by atoms with van der Waals surface area (Å²) in [6.07, 6.45) is 2.71. The number of amides is 1. The number of nitrogens with one attached hydrogen (secondary N) is 1. The van der Waals surface area contributed by atoms with E-state index in [2.05, 4.69) is 15.3 Å². The average Bonchev–Trinajstić information content (AvgIpc) is 2.29. The standard InChI is InChI=1S/C11H9ClN4O/c12-7-2-1-3-8(4-7)15-11(17)9-5-14-6-10(13)16-9/h1-6H,(H2,13,16)(H,15,17). The van der Waals surface area contributed by atoms with Gasteiger partial charge in [-0.15, -0.1) is 0 Å². The topological polar surface area (TPSA) is 80.9 Å². The molecule has 0 radical (unpaired) electrons. The Morgan fingerprint density at radius 2 is 2.18 bits per heavy atom. The van der Waals surface area contributed by atoms with Crippen LogP contribution in [-0.4, -0.2) is 15.9 Å². The van der Waals surface area contributed by atoms with E-state index in [-0.39, 0.29) is 17.4 Å². The summed E-state index contributed by atoms with van der Waals surface area (Å²) in [5.74, 6) is -0.184. The third-order valence-electron chi connectivity index (χ3n) is 1.97. The highest BCUT2D eigenvalue weighted by atomic mass is 35.5. The minimum absolute atomic E-state index is 0.157. The van der Waals surface area contributed by atoms with Gasteiger partial charge in [0.25, 0.3) is 5.91 Å². The van der Waals surface area contributed by atoms with Crippen LogP contribution < -0.4 is 11.1 Å². The van der Waals surface area contributed by atoms with Crippen molar-refractivity contribution in [3.63, 3.8) is 0 Å². The molecule has 0 bridgehead atoms. The Bertz CT molecular complexity index is 559. The van der Waals surface area contributed by atoms with Gasteiger partial charge < -0.3 is 11.1 Å². The van der Waals surface area contributed by atoms with E-state index in [1.54, 1.807) is 24.3 Å². The number of hydrogen-bond donors (Lipinski definition) is 2. The number of halogens is 1. The molecule has 1 heterocycles. The lowest BCUT2D eigenvalue weighted by atomic mass is 10.3. The largest absolute Gasteiger partial charge is 0.382 e. The predicted molar refractivity (Wildman–Crippen MR) is 65.8 cm³/mol. The van der Waals surface area contributed by atoms with Crippen molar-refractivity contribution >= 4 is 29.0 Å². The van der Waals surface area contributed by atoms with Crippen molar-refractivity contribution in [2.45, 2.75) is 0 Å². The summed E-state index contributed by atoms with van der Waals surface area (Å²) in [6.45, 7) is 0. The van der Waals surface area contributed by atoms with Gasteiger partial charge in [-0.25, -0.2) is 4.98 Å². The molecule has 1 aromatic carbocycles. The normalized spacial score (nSPS) is 9.94. The molecule has 0 saturated carbocycles. The van der Waals surface area contributed by atoms with Crippen LogP contribution >= 0.6 is 11.6 Å². The zero-order valence-corrected chi connectivity index (χ0v) is 9.48. The van der Waals surface area contributed by atoms with Gasteiger partial charge in [0.2, 0.25) is 0 Å². The van der Waals surface area contributed by atoms with Crippen molar-refractivity contribution < 1.29 is 4.79 Å². The Kier molecular flexibility index (Phi) is 3.20. The molecular weight excluding hydrogens is 240 g/mol. The summed E-state index contributed by atoms with van der Waals surface area (Å²) >= 11 is 5.80. The molecule has 5 nitrogen and oxygen atoms in total. The Morgan fingerprint density at radius 1 is 1.35 bits per heavy atom. The lowest BCUT2D eigenvalue weighted by Gasteiger charge is -2.04. The van der Waals surface area contributed by atoms with Crippen molar-refractivity contribution in [1.29, 1.82) is 0 Å². The second-order valence-corrected chi connectivity index (χ2v) is 3.73. The Balaban J connectivity index is 2.17. The first kappa shape index (κ1) is 11.3. The van der Waals surface area contributed by atoms with Crippen molar-refractivity contribution in [2.75, 3.05) is 11.1 Å². The van der Waals surface area contributed by atoms with Crippen molar-refractivity contribution in [3.05, 3.63) is 47.4 Å². The molecule has 2 aromatic rings. The van der Waals surface area contributed by atoms with Crippen molar-refractivity contribution in [3.8, 4) is 0 Å². The molecule has 0 atom stereocenters. The van der Waals surface area contributed by atoms with Crippen LogP contribution in [0.4, 0.5) is 11.5 Å². The molecule has 1 aromatic heterocycles. The summed E-state index contributed by atoms with van der Waals surface area (Å²) in [7, 11) is 0. The van der Waals surface area contributed by atoms with Crippen LogP contribution in [0.1, 0.15) is 10.5 Å². The molecule has 0 saturated heterocycles. The zero-order valence-electron chi connectivity index (χ0n) is 8.72. The maximum atomic E-state index is 11.8. The zero-order chi connectivity index (χ0) is 12.3. The number of carbonyl (C=O) groups is 1. The highest BCUT2D eigenvalue weighted by Gasteiger charge is 2.08. The Morgan fingerprint density at radius 3 is 2.88 bits per heavy atom. The molecule has 0 unspecified atom stereocenters. The first-order chi connectivity index (χ1) is 8.15. The summed E-state index contributed by atoms with van der Waals surface area (Å²) in [4.78, 5) is 19.4. The van der Waals surface area contributed by atoms with Gasteiger partial charge in [-0.05, 0) is 18.2 Å². The molecule has 17 heavy (non-hydrogen) atoms. The molecule has 3 N–H and O–H groups in total. The van der Waals surface area contributed by atoms with Crippen LogP contribution in [0.2, 0.25) is 5.02 Å². The molecular formula is C11H9ClN4O. The van der Waals surface area contributed by atoms with E-state index in [0.717, 1.165) is 0 Å². The van der Waals surface area contributed by atoms with E-state index >= 15 is 0 Å². The quantitative estimate of drug-likeness (QED) is 0.851. The van der Waals surface area contributed by atoms with E-state index in [9.17, 15) is 4.79 Å². The number of carbonyl (C=O) groups excluding carboxylic acids is 1. The molecule has 0 aliphatic carbocycles. The van der Waals surface area contributed by atoms with Gasteiger partial charge in [-0.2, -0.15) is 0 Å². The summed E-state index contributed by atoms with van der Waals surface area (Å²) in [6, 6.07) is 6.82. The maximum Gasteiger partial charge on any atom is 0.275 e. The SMILES string of the molecule is Nc1cncc(C(=O)Nc2cccc(Cl)c2)n1. The first-order valence-corrected chi connectivity index (χ1v) is 5.17. The lowest BCUT2D eigenvalue weighted by Crippen LogP contribution is -2.14. The van der Waals surface area contributed by atoms with Crippen LogP contribution in [-0.2, 0) is 0 Å². The first-order valence-electron chi connectivity index (χ1n) is 4.79. The minimum atomic E-state index is -0.382. The Hall–Kier alpha value is -2.14. The van der Waals surface area contributed by atoms with E-state index < -0.39 is 0 Å². The van der Waals surface area contributed by atoms with Crippen LogP contribution in [0.5, 0.6) is 0 Å². The fraction of sp³-hybridized carbons (Fsp3) is 0. The van der Waals surface area contributed by atoms with E-state index in [1.165, 1.54) is 12.4 Å². The third-order valence-corrected chi connectivity index (χ3v) is 2.20. The van der Waals surface area contributed by atoms with Gasteiger partial charge in [0.1, 0.15) is 11.5 Å². The Labute approximate surface area is 103 Å². The van der Waals surface area contributed by atoms with Crippen LogP contribution in [0.3, 0.4) is 0 Å². The summed E-state index contributed by atoms with van der Waals surface area (Å²) < 4.78 is 0. The van der Waals surface area contributed by atoms with Crippen LogP contribution in [0.25, 0.3) is 0 Å². The number of aromatic nitrogens is 2. The fourth-order valence-corrected chi connectivity index (χ4v) is 1.44. The third kappa shape index (κ3) is 2.92. The minimum Gasteiger partial charge on any atom is -0.382 e.